The largest absolute Gasteiger partial charge is 0.478 e. The molecular weight excluding hydrogens is 268 g/mol. The number of aromatic carboxylic acids is 1. The number of piperidine rings is 1. The SMILES string of the molecule is COC1(C)CCCN(c2cc(C(=O)O)cc(Cl)n2)C1. The topological polar surface area (TPSA) is 62.7 Å². The zero-order valence-corrected chi connectivity index (χ0v) is 11.8. The minimum Gasteiger partial charge on any atom is -0.478 e. The van der Waals surface area contributed by atoms with E-state index in [0.29, 0.717) is 12.4 Å². The second-order valence-corrected chi connectivity index (χ2v) is 5.41. The summed E-state index contributed by atoms with van der Waals surface area (Å²) >= 11 is 5.89. The Labute approximate surface area is 117 Å². The number of carboxylic acid groups (broad SMARTS) is 1. The van der Waals surface area contributed by atoms with E-state index in [-0.39, 0.29) is 16.3 Å². The maximum atomic E-state index is 11.0. The minimum atomic E-state index is -1.00. The number of nitrogens with zero attached hydrogens (tertiary/aromatic N) is 2. The lowest BCUT2D eigenvalue weighted by Gasteiger charge is -2.40. The van der Waals surface area contributed by atoms with Crippen molar-refractivity contribution in [2.75, 3.05) is 25.1 Å². The number of carboxylic acids is 1. The second kappa shape index (κ2) is 5.35. The van der Waals surface area contributed by atoms with E-state index >= 15 is 0 Å². The molecule has 19 heavy (non-hydrogen) atoms. The van der Waals surface area contributed by atoms with E-state index < -0.39 is 5.97 Å². The third-order valence-corrected chi connectivity index (χ3v) is 3.70. The highest BCUT2D eigenvalue weighted by Crippen LogP contribution is 2.28. The maximum Gasteiger partial charge on any atom is 0.335 e. The van der Waals surface area contributed by atoms with Crippen molar-refractivity contribution in [2.24, 2.45) is 0 Å². The van der Waals surface area contributed by atoms with Crippen molar-refractivity contribution in [3.8, 4) is 0 Å². The average Bonchev–Trinajstić information content (AvgIpc) is 2.38. The van der Waals surface area contributed by atoms with E-state index in [1.165, 1.54) is 6.07 Å². The number of methoxy groups -OCH3 is 1. The summed E-state index contributed by atoms with van der Waals surface area (Å²) in [6, 6.07) is 2.91. The average molecular weight is 285 g/mol. The molecule has 1 atom stereocenters. The molecule has 6 heteroatoms. The van der Waals surface area contributed by atoms with Gasteiger partial charge in [-0.05, 0) is 31.9 Å². The molecule has 1 fully saturated rings. The van der Waals surface area contributed by atoms with Crippen LogP contribution in [0.4, 0.5) is 5.82 Å². The molecule has 0 amide bonds. The van der Waals surface area contributed by atoms with Gasteiger partial charge in [0.25, 0.3) is 0 Å². The van der Waals surface area contributed by atoms with Crippen molar-refractivity contribution in [2.45, 2.75) is 25.4 Å². The number of pyridine rings is 1. The van der Waals surface area contributed by atoms with Gasteiger partial charge in [0.15, 0.2) is 0 Å². The second-order valence-electron chi connectivity index (χ2n) is 5.02. The summed E-state index contributed by atoms with van der Waals surface area (Å²) < 4.78 is 5.52. The molecule has 1 aromatic heterocycles. The fourth-order valence-electron chi connectivity index (χ4n) is 2.34. The van der Waals surface area contributed by atoms with Crippen LogP contribution in [0.3, 0.4) is 0 Å². The van der Waals surface area contributed by atoms with E-state index in [1.54, 1.807) is 13.2 Å². The van der Waals surface area contributed by atoms with Crippen molar-refractivity contribution in [3.05, 3.63) is 22.8 Å². The van der Waals surface area contributed by atoms with Gasteiger partial charge in [0.2, 0.25) is 0 Å². The molecule has 0 bridgehead atoms. The highest BCUT2D eigenvalue weighted by Gasteiger charge is 2.31. The van der Waals surface area contributed by atoms with E-state index in [2.05, 4.69) is 4.98 Å². The Balaban J connectivity index is 2.28. The summed E-state index contributed by atoms with van der Waals surface area (Å²) in [5.41, 5.74) is -0.0780. The van der Waals surface area contributed by atoms with Crippen LogP contribution in [0.2, 0.25) is 5.15 Å². The number of hydrogen-bond donors (Lipinski definition) is 1. The third-order valence-electron chi connectivity index (χ3n) is 3.50. The molecule has 1 saturated heterocycles. The number of hydrogen-bond acceptors (Lipinski definition) is 4. The fraction of sp³-hybridized carbons (Fsp3) is 0.538. The van der Waals surface area contributed by atoms with Crippen molar-refractivity contribution in [1.29, 1.82) is 0 Å². The molecule has 0 radical (unpaired) electrons. The standard InChI is InChI=1S/C13H17ClN2O3/c1-13(19-2)4-3-5-16(8-13)11-7-9(12(17)18)6-10(14)15-11/h6-7H,3-5,8H2,1-2H3,(H,17,18). The van der Waals surface area contributed by atoms with E-state index in [9.17, 15) is 4.79 Å². The highest BCUT2D eigenvalue weighted by molar-refractivity contribution is 6.29. The predicted molar refractivity (Wildman–Crippen MR) is 73.1 cm³/mol. The van der Waals surface area contributed by atoms with Crippen molar-refractivity contribution in [3.63, 3.8) is 0 Å². The number of carbonyl (C=O) groups is 1. The predicted octanol–water partition coefficient (Wildman–Crippen LogP) is 2.44. The molecule has 0 aliphatic carbocycles. The molecular formula is C13H17ClN2O3. The molecule has 0 spiro atoms. The molecule has 0 aromatic carbocycles. The molecule has 5 nitrogen and oxygen atoms in total. The molecule has 1 aliphatic rings. The van der Waals surface area contributed by atoms with Crippen molar-refractivity contribution >= 4 is 23.4 Å². The van der Waals surface area contributed by atoms with Gasteiger partial charge in [-0.1, -0.05) is 11.6 Å². The van der Waals surface area contributed by atoms with Crippen LogP contribution in [0, 0.1) is 0 Å². The Bertz CT molecular complexity index is 495. The van der Waals surface area contributed by atoms with Gasteiger partial charge in [0.1, 0.15) is 11.0 Å². The van der Waals surface area contributed by atoms with Crippen LogP contribution < -0.4 is 4.90 Å². The van der Waals surface area contributed by atoms with Gasteiger partial charge < -0.3 is 14.7 Å². The summed E-state index contributed by atoms with van der Waals surface area (Å²) in [5, 5.41) is 9.25. The molecule has 104 valence electrons. The Kier molecular flexibility index (Phi) is 3.96. The monoisotopic (exact) mass is 284 g/mol. The first-order valence-corrected chi connectivity index (χ1v) is 6.52. The Hall–Kier alpha value is -1.33. The molecule has 1 N–H and O–H groups in total. The normalized spacial score (nSPS) is 23.4. The van der Waals surface area contributed by atoms with Gasteiger partial charge in [0, 0.05) is 20.2 Å². The number of aromatic nitrogens is 1. The first-order chi connectivity index (χ1) is 8.93. The lowest BCUT2D eigenvalue weighted by Crippen LogP contribution is -2.47. The summed E-state index contributed by atoms with van der Waals surface area (Å²) in [6.07, 6.45) is 1.95. The highest BCUT2D eigenvalue weighted by atomic mass is 35.5. The fourth-order valence-corrected chi connectivity index (χ4v) is 2.54. The quantitative estimate of drug-likeness (QED) is 0.864. The third kappa shape index (κ3) is 3.16. The summed E-state index contributed by atoms with van der Waals surface area (Å²) in [5.74, 6) is -0.412. The van der Waals surface area contributed by atoms with Gasteiger partial charge >= 0.3 is 5.97 Å². The van der Waals surface area contributed by atoms with Gasteiger partial charge in [-0.2, -0.15) is 0 Å². The summed E-state index contributed by atoms with van der Waals surface area (Å²) in [7, 11) is 1.69. The first-order valence-electron chi connectivity index (χ1n) is 6.14. The molecule has 0 saturated carbocycles. The Morgan fingerprint density at radius 3 is 2.95 bits per heavy atom. The lowest BCUT2D eigenvalue weighted by atomic mass is 9.95. The van der Waals surface area contributed by atoms with Crippen molar-refractivity contribution < 1.29 is 14.6 Å². The number of ether oxygens (including phenoxy) is 1. The summed E-state index contributed by atoms with van der Waals surface area (Å²) in [6.45, 7) is 3.54. The molecule has 1 aliphatic heterocycles. The van der Waals surface area contributed by atoms with Crippen LogP contribution in [-0.4, -0.2) is 41.9 Å². The van der Waals surface area contributed by atoms with Crippen LogP contribution in [0.1, 0.15) is 30.1 Å². The zero-order valence-electron chi connectivity index (χ0n) is 11.0. The lowest BCUT2D eigenvalue weighted by molar-refractivity contribution is -0.00481. The van der Waals surface area contributed by atoms with Gasteiger partial charge in [-0.25, -0.2) is 9.78 Å². The zero-order chi connectivity index (χ0) is 14.0. The maximum absolute atomic E-state index is 11.0. The number of anilines is 1. The van der Waals surface area contributed by atoms with Crippen LogP contribution in [-0.2, 0) is 4.74 Å². The van der Waals surface area contributed by atoms with Crippen LogP contribution >= 0.6 is 11.6 Å². The first kappa shape index (κ1) is 14.1. The Morgan fingerprint density at radius 2 is 2.32 bits per heavy atom. The van der Waals surface area contributed by atoms with E-state index in [0.717, 1.165) is 19.4 Å². The van der Waals surface area contributed by atoms with E-state index in [4.69, 9.17) is 21.4 Å². The number of halogens is 1. The Morgan fingerprint density at radius 1 is 1.58 bits per heavy atom. The van der Waals surface area contributed by atoms with Crippen LogP contribution in [0.15, 0.2) is 12.1 Å². The van der Waals surface area contributed by atoms with E-state index in [1.807, 2.05) is 11.8 Å². The number of rotatable bonds is 3. The van der Waals surface area contributed by atoms with Crippen molar-refractivity contribution in [1.82, 2.24) is 4.98 Å². The van der Waals surface area contributed by atoms with Crippen LogP contribution in [0.25, 0.3) is 0 Å². The summed E-state index contributed by atoms with van der Waals surface area (Å²) in [4.78, 5) is 17.3. The molecule has 1 aromatic rings. The smallest absolute Gasteiger partial charge is 0.335 e. The van der Waals surface area contributed by atoms with Gasteiger partial charge in [-0.15, -0.1) is 0 Å². The minimum absolute atomic E-state index is 0.152. The molecule has 1 unspecified atom stereocenters. The molecule has 2 heterocycles. The molecule has 2 rings (SSSR count). The van der Waals surface area contributed by atoms with Gasteiger partial charge in [0.05, 0.1) is 11.2 Å². The van der Waals surface area contributed by atoms with Crippen LogP contribution in [0.5, 0.6) is 0 Å². The van der Waals surface area contributed by atoms with Gasteiger partial charge in [-0.3, -0.25) is 0 Å².